The molecule has 0 radical (unpaired) electrons. The molecule has 0 aromatic carbocycles. The van der Waals surface area contributed by atoms with E-state index in [2.05, 4.69) is 22.2 Å². The lowest BCUT2D eigenvalue weighted by atomic mass is 10.1. The summed E-state index contributed by atoms with van der Waals surface area (Å²) in [6.45, 7) is 2.01. The Morgan fingerprint density at radius 1 is 1.41 bits per heavy atom. The number of pyridine rings is 1. The van der Waals surface area contributed by atoms with Crippen LogP contribution in [0.1, 0.15) is 12.8 Å². The lowest BCUT2D eigenvalue weighted by Gasteiger charge is -2.28. The summed E-state index contributed by atoms with van der Waals surface area (Å²) in [5, 5.41) is 2.49. The standard InChI is InChI=1S/C14H21N3O4S/c1-17-7-5-12(6-8-17)21-14-4-3-11(9-15-14)16-13(18)10-22(2,19)20/h3-4,9,12H,5-8,10H2,1-2H3,(H,16,18). The molecule has 2 rings (SSSR count). The molecule has 1 aromatic heterocycles. The Morgan fingerprint density at radius 3 is 2.64 bits per heavy atom. The number of carbonyl (C=O) groups excluding carboxylic acids is 1. The number of amides is 1. The van der Waals surface area contributed by atoms with Crippen molar-refractivity contribution in [2.75, 3.05) is 37.5 Å². The van der Waals surface area contributed by atoms with E-state index in [1.54, 1.807) is 12.1 Å². The highest BCUT2D eigenvalue weighted by Crippen LogP contribution is 2.18. The van der Waals surface area contributed by atoms with Crippen LogP contribution in [-0.4, -0.2) is 62.5 Å². The van der Waals surface area contributed by atoms with Crippen LogP contribution >= 0.6 is 0 Å². The van der Waals surface area contributed by atoms with Crippen LogP contribution in [0.5, 0.6) is 5.88 Å². The molecule has 8 heteroatoms. The molecule has 0 saturated carbocycles. The van der Waals surface area contributed by atoms with Crippen LogP contribution in [0.15, 0.2) is 18.3 Å². The number of nitrogens with one attached hydrogen (secondary N) is 1. The van der Waals surface area contributed by atoms with Gasteiger partial charge in [-0.2, -0.15) is 0 Å². The van der Waals surface area contributed by atoms with Gasteiger partial charge in [-0.1, -0.05) is 0 Å². The van der Waals surface area contributed by atoms with Crippen molar-refractivity contribution in [3.63, 3.8) is 0 Å². The molecule has 22 heavy (non-hydrogen) atoms. The maximum Gasteiger partial charge on any atom is 0.239 e. The first kappa shape index (κ1) is 16.7. The fourth-order valence-corrected chi connectivity index (χ4v) is 2.78. The minimum atomic E-state index is -3.34. The summed E-state index contributed by atoms with van der Waals surface area (Å²) in [6, 6.07) is 3.33. The number of piperidine rings is 1. The van der Waals surface area contributed by atoms with Gasteiger partial charge in [0.05, 0.1) is 11.9 Å². The smallest absolute Gasteiger partial charge is 0.239 e. The minimum absolute atomic E-state index is 0.161. The summed E-state index contributed by atoms with van der Waals surface area (Å²) in [6.07, 6.45) is 4.57. The molecule has 1 saturated heterocycles. The molecule has 1 aromatic rings. The highest BCUT2D eigenvalue weighted by molar-refractivity contribution is 7.91. The van der Waals surface area contributed by atoms with Crippen molar-refractivity contribution in [2.24, 2.45) is 0 Å². The number of hydrogen-bond acceptors (Lipinski definition) is 6. The molecule has 0 bridgehead atoms. The van der Waals surface area contributed by atoms with Gasteiger partial charge in [-0.05, 0) is 26.0 Å². The topological polar surface area (TPSA) is 88.6 Å². The first-order valence-corrected chi connectivity index (χ1v) is 9.17. The number of hydrogen-bond donors (Lipinski definition) is 1. The average molecular weight is 327 g/mol. The zero-order valence-corrected chi connectivity index (χ0v) is 13.6. The number of rotatable bonds is 5. The number of sulfone groups is 1. The number of ether oxygens (including phenoxy) is 1. The Balaban J connectivity index is 1.86. The Labute approximate surface area is 130 Å². The van der Waals surface area contributed by atoms with E-state index in [9.17, 15) is 13.2 Å². The van der Waals surface area contributed by atoms with Gasteiger partial charge >= 0.3 is 0 Å². The van der Waals surface area contributed by atoms with Gasteiger partial charge in [-0.15, -0.1) is 0 Å². The summed E-state index contributed by atoms with van der Waals surface area (Å²) in [5.41, 5.74) is 0.448. The molecule has 122 valence electrons. The normalized spacial score (nSPS) is 17.2. The largest absolute Gasteiger partial charge is 0.474 e. The Hall–Kier alpha value is -1.67. The lowest BCUT2D eigenvalue weighted by molar-refractivity contribution is -0.113. The average Bonchev–Trinajstić information content (AvgIpc) is 2.41. The van der Waals surface area contributed by atoms with Crippen LogP contribution in [0.3, 0.4) is 0 Å². The van der Waals surface area contributed by atoms with Crippen LogP contribution < -0.4 is 10.1 Å². The van der Waals surface area contributed by atoms with E-state index in [1.165, 1.54) is 6.20 Å². The fourth-order valence-electron chi connectivity index (χ4n) is 2.23. The van der Waals surface area contributed by atoms with E-state index in [0.29, 0.717) is 11.6 Å². The fraction of sp³-hybridized carbons (Fsp3) is 0.571. The Morgan fingerprint density at radius 2 is 2.09 bits per heavy atom. The van der Waals surface area contributed by atoms with Crippen LogP contribution in [0, 0.1) is 0 Å². The van der Waals surface area contributed by atoms with Crippen molar-refractivity contribution in [3.05, 3.63) is 18.3 Å². The predicted molar refractivity (Wildman–Crippen MR) is 83.7 cm³/mol. The minimum Gasteiger partial charge on any atom is -0.474 e. The van der Waals surface area contributed by atoms with Gasteiger partial charge in [0.1, 0.15) is 11.9 Å². The van der Waals surface area contributed by atoms with Gasteiger partial charge in [0, 0.05) is 25.4 Å². The Kier molecular flexibility index (Phi) is 5.36. The Bertz CT molecular complexity index is 607. The molecule has 0 aliphatic carbocycles. The van der Waals surface area contributed by atoms with E-state index in [4.69, 9.17) is 4.74 Å². The zero-order valence-electron chi connectivity index (χ0n) is 12.8. The van der Waals surface area contributed by atoms with Gasteiger partial charge in [0.25, 0.3) is 0 Å². The second-order valence-corrected chi connectivity index (χ2v) is 7.76. The molecule has 2 heterocycles. The second kappa shape index (κ2) is 7.06. The second-order valence-electron chi connectivity index (χ2n) is 5.62. The molecule has 1 fully saturated rings. The summed E-state index contributed by atoms with van der Waals surface area (Å²) in [4.78, 5) is 17.9. The van der Waals surface area contributed by atoms with E-state index in [0.717, 1.165) is 32.2 Å². The third-order valence-electron chi connectivity index (χ3n) is 3.37. The molecule has 1 N–H and O–H groups in total. The number of aromatic nitrogens is 1. The molecule has 7 nitrogen and oxygen atoms in total. The predicted octanol–water partition coefficient (Wildman–Crippen LogP) is 0.538. The molecule has 1 aliphatic rings. The van der Waals surface area contributed by atoms with E-state index >= 15 is 0 Å². The molecular weight excluding hydrogens is 306 g/mol. The third kappa shape index (κ3) is 5.61. The highest BCUT2D eigenvalue weighted by Gasteiger charge is 2.18. The molecule has 1 amide bonds. The van der Waals surface area contributed by atoms with Gasteiger partial charge in [0.2, 0.25) is 11.8 Å². The van der Waals surface area contributed by atoms with Gasteiger partial charge in [-0.3, -0.25) is 4.79 Å². The van der Waals surface area contributed by atoms with Crippen molar-refractivity contribution in [1.29, 1.82) is 0 Å². The quantitative estimate of drug-likeness (QED) is 0.849. The molecule has 0 unspecified atom stereocenters. The summed E-state index contributed by atoms with van der Waals surface area (Å²) in [7, 11) is -1.25. The van der Waals surface area contributed by atoms with E-state index < -0.39 is 21.5 Å². The van der Waals surface area contributed by atoms with Crippen molar-refractivity contribution in [2.45, 2.75) is 18.9 Å². The number of anilines is 1. The summed E-state index contributed by atoms with van der Waals surface area (Å²) in [5.74, 6) is -0.607. The highest BCUT2D eigenvalue weighted by atomic mass is 32.2. The van der Waals surface area contributed by atoms with Crippen molar-refractivity contribution in [1.82, 2.24) is 9.88 Å². The third-order valence-corrected chi connectivity index (χ3v) is 4.15. The lowest BCUT2D eigenvalue weighted by Crippen LogP contribution is -2.35. The monoisotopic (exact) mass is 327 g/mol. The SMILES string of the molecule is CN1CCC(Oc2ccc(NC(=O)CS(C)(=O)=O)cn2)CC1. The first-order valence-electron chi connectivity index (χ1n) is 7.11. The van der Waals surface area contributed by atoms with E-state index in [1.807, 2.05) is 0 Å². The van der Waals surface area contributed by atoms with Crippen molar-refractivity contribution in [3.8, 4) is 5.88 Å². The van der Waals surface area contributed by atoms with Gasteiger partial charge in [0.15, 0.2) is 9.84 Å². The number of carbonyl (C=O) groups is 1. The molecular formula is C14H21N3O4S. The van der Waals surface area contributed by atoms with Crippen LogP contribution in [-0.2, 0) is 14.6 Å². The maximum atomic E-state index is 11.5. The van der Waals surface area contributed by atoms with Crippen LogP contribution in [0.2, 0.25) is 0 Å². The first-order chi connectivity index (χ1) is 10.3. The van der Waals surface area contributed by atoms with Crippen LogP contribution in [0.25, 0.3) is 0 Å². The van der Waals surface area contributed by atoms with Crippen LogP contribution in [0.4, 0.5) is 5.69 Å². The van der Waals surface area contributed by atoms with Crippen molar-refractivity contribution >= 4 is 21.4 Å². The van der Waals surface area contributed by atoms with E-state index in [-0.39, 0.29) is 6.10 Å². The number of nitrogens with zero attached hydrogens (tertiary/aromatic N) is 2. The maximum absolute atomic E-state index is 11.5. The zero-order chi connectivity index (χ0) is 16.2. The summed E-state index contributed by atoms with van der Waals surface area (Å²) >= 11 is 0. The van der Waals surface area contributed by atoms with Crippen molar-refractivity contribution < 1.29 is 17.9 Å². The van der Waals surface area contributed by atoms with Gasteiger partial charge in [-0.25, -0.2) is 13.4 Å². The molecule has 1 aliphatic heterocycles. The number of likely N-dealkylation sites (tertiary alicyclic amines) is 1. The molecule has 0 atom stereocenters. The molecule has 0 spiro atoms. The van der Waals surface area contributed by atoms with Gasteiger partial charge < -0.3 is 15.0 Å². The summed E-state index contributed by atoms with van der Waals surface area (Å²) < 4.78 is 27.9.